The largest absolute Gasteiger partial charge is 0.512 e. The van der Waals surface area contributed by atoms with E-state index in [-0.39, 0.29) is 23.7 Å². The Morgan fingerprint density at radius 2 is 1.94 bits per heavy atom. The highest BCUT2D eigenvalue weighted by Crippen LogP contribution is 2.12. The lowest BCUT2D eigenvalue weighted by molar-refractivity contribution is -0.138. The highest BCUT2D eigenvalue weighted by molar-refractivity contribution is 6.25. The Balaban J connectivity index is 3.07. The lowest BCUT2D eigenvalue weighted by Crippen LogP contribution is -2.18. The number of benzene rings is 1. The molecular formula is C13H15NO3. The molecule has 0 atom stereocenters. The van der Waals surface area contributed by atoms with Crippen molar-refractivity contribution in [2.75, 3.05) is 6.61 Å². The molecule has 0 heterocycles. The number of rotatable bonds is 4. The zero-order valence-electron chi connectivity index (χ0n) is 9.86. The molecule has 0 bridgehead atoms. The second kappa shape index (κ2) is 5.84. The van der Waals surface area contributed by atoms with E-state index in [1.807, 2.05) is 6.07 Å². The quantitative estimate of drug-likeness (QED) is 0.363. The molecule has 0 fully saturated rings. The lowest BCUT2D eigenvalue weighted by atomic mass is 10.0. The molecule has 17 heavy (non-hydrogen) atoms. The smallest absolute Gasteiger partial charge is 0.343 e. The van der Waals surface area contributed by atoms with Crippen LogP contribution in [0.25, 0.3) is 0 Å². The van der Waals surface area contributed by atoms with E-state index in [1.54, 1.807) is 31.2 Å². The molecule has 0 amide bonds. The second-order valence-corrected chi connectivity index (χ2v) is 3.42. The van der Waals surface area contributed by atoms with Crippen molar-refractivity contribution >= 4 is 11.7 Å². The normalized spacial score (nSPS) is 11.6. The van der Waals surface area contributed by atoms with Crippen molar-refractivity contribution in [3.8, 4) is 0 Å². The van der Waals surface area contributed by atoms with Crippen LogP contribution in [0, 0.1) is 5.41 Å². The van der Waals surface area contributed by atoms with Gasteiger partial charge in [0.15, 0.2) is 0 Å². The van der Waals surface area contributed by atoms with Crippen LogP contribution in [0.2, 0.25) is 0 Å². The van der Waals surface area contributed by atoms with E-state index < -0.39 is 5.97 Å². The Bertz CT molecular complexity index is 445. The van der Waals surface area contributed by atoms with Crippen LogP contribution in [-0.2, 0) is 9.53 Å². The van der Waals surface area contributed by atoms with E-state index in [0.717, 1.165) is 0 Å². The van der Waals surface area contributed by atoms with Crippen molar-refractivity contribution in [2.24, 2.45) is 0 Å². The Labute approximate surface area is 100 Å². The fraction of sp³-hybridized carbons (Fsp3) is 0.231. The zero-order chi connectivity index (χ0) is 12.8. The SMILES string of the molecule is CCOC(=O)/C(C(=N)c1ccccc1)=C(/C)O. The average Bonchev–Trinajstić information content (AvgIpc) is 2.30. The van der Waals surface area contributed by atoms with Gasteiger partial charge in [-0.15, -0.1) is 0 Å². The lowest BCUT2D eigenvalue weighted by Gasteiger charge is -2.09. The van der Waals surface area contributed by atoms with Gasteiger partial charge in [-0.05, 0) is 13.8 Å². The maximum atomic E-state index is 11.6. The summed E-state index contributed by atoms with van der Waals surface area (Å²) in [4.78, 5) is 11.6. The minimum atomic E-state index is -0.679. The van der Waals surface area contributed by atoms with Crippen LogP contribution in [0.15, 0.2) is 41.7 Å². The molecule has 0 aliphatic heterocycles. The Morgan fingerprint density at radius 3 is 2.41 bits per heavy atom. The number of carbonyl (C=O) groups excluding carboxylic acids is 1. The molecule has 0 radical (unpaired) electrons. The van der Waals surface area contributed by atoms with Crippen LogP contribution < -0.4 is 0 Å². The van der Waals surface area contributed by atoms with Crippen LogP contribution in [0.1, 0.15) is 19.4 Å². The van der Waals surface area contributed by atoms with Gasteiger partial charge in [-0.2, -0.15) is 0 Å². The molecular weight excluding hydrogens is 218 g/mol. The number of carbonyl (C=O) groups is 1. The first-order valence-corrected chi connectivity index (χ1v) is 5.29. The van der Waals surface area contributed by atoms with E-state index in [1.165, 1.54) is 6.92 Å². The van der Waals surface area contributed by atoms with Crippen LogP contribution >= 0.6 is 0 Å². The van der Waals surface area contributed by atoms with Gasteiger partial charge < -0.3 is 9.84 Å². The molecule has 0 saturated heterocycles. The molecule has 2 N–H and O–H groups in total. The summed E-state index contributed by atoms with van der Waals surface area (Å²) in [5, 5.41) is 17.4. The van der Waals surface area contributed by atoms with Gasteiger partial charge in [0.2, 0.25) is 0 Å². The number of hydrogen-bond acceptors (Lipinski definition) is 4. The maximum Gasteiger partial charge on any atom is 0.343 e. The predicted octanol–water partition coefficient (Wildman–Crippen LogP) is 2.45. The average molecular weight is 233 g/mol. The standard InChI is InChI=1S/C13H15NO3/c1-3-17-13(16)11(9(2)15)12(14)10-7-5-4-6-8-10/h4-8,14-15H,3H2,1-2H3/b11-9-,14-12?. The Morgan fingerprint density at radius 1 is 1.35 bits per heavy atom. The third-order valence-electron chi connectivity index (χ3n) is 2.15. The van der Waals surface area contributed by atoms with E-state index in [0.29, 0.717) is 5.56 Å². The van der Waals surface area contributed by atoms with E-state index in [2.05, 4.69) is 0 Å². The summed E-state index contributed by atoms with van der Waals surface area (Å²) in [6.45, 7) is 3.25. The number of nitrogens with one attached hydrogen (secondary N) is 1. The molecule has 1 aromatic rings. The van der Waals surface area contributed by atoms with Gasteiger partial charge in [0.1, 0.15) is 11.3 Å². The zero-order valence-corrected chi connectivity index (χ0v) is 9.86. The second-order valence-electron chi connectivity index (χ2n) is 3.42. The van der Waals surface area contributed by atoms with Crippen molar-refractivity contribution in [2.45, 2.75) is 13.8 Å². The van der Waals surface area contributed by atoms with Crippen molar-refractivity contribution in [1.29, 1.82) is 5.41 Å². The van der Waals surface area contributed by atoms with E-state index in [4.69, 9.17) is 10.1 Å². The van der Waals surface area contributed by atoms with Crippen LogP contribution in [0.4, 0.5) is 0 Å². The first-order valence-electron chi connectivity index (χ1n) is 5.29. The van der Waals surface area contributed by atoms with E-state index in [9.17, 15) is 9.90 Å². The summed E-state index contributed by atoms with van der Waals surface area (Å²) < 4.78 is 4.81. The summed E-state index contributed by atoms with van der Waals surface area (Å²) >= 11 is 0. The van der Waals surface area contributed by atoms with Gasteiger partial charge >= 0.3 is 5.97 Å². The van der Waals surface area contributed by atoms with Gasteiger partial charge in [-0.1, -0.05) is 30.3 Å². The molecule has 4 heteroatoms. The minimum Gasteiger partial charge on any atom is -0.512 e. The van der Waals surface area contributed by atoms with Crippen molar-refractivity contribution < 1.29 is 14.6 Å². The maximum absolute atomic E-state index is 11.6. The molecule has 0 saturated carbocycles. The van der Waals surface area contributed by atoms with Crippen molar-refractivity contribution in [3.05, 3.63) is 47.2 Å². The first-order chi connectivity index (χ1) is 8.07. The predicted molar refractivity (Wildman–Crippen MR) is 65.2 cm³/mol. The molecule has 0 aliphatic carbocycles. The fourth-order valence-corrected chi connectivity index (χ4v) is 1.38. The van der Waals surface area contributed by atoms with Crippen LogP contribution in [-0.4, -0.2) is 23.4 Å². The van der Waals surface area contributed by atoms with E-state index >= 15 is 0 Å². The molecule has 4 nitrogen and oxygen atoms in total. The van der Waals surface area contributed by atoms with Gasteiger partial charge in [-0.25, -0.2) is 4.79 Å². The third kappa shape index (κ3) is 3.17. The summed E-state index contributed by atoms with van der Waals surface area (Å²) in [5.74, 6) is -0.890. The number of hydrogen-bond donors (Lipinski definition) is 2. The highest BCUT2D eigenvalue weighted by atomic mass is 16.5. The van der Waals surface area contributed by atoms with Crippen molar-refractivity contribution in [1.82, 2.24) is 0 Å². The monoisotopic (exact) mass is 233 g/mol. The number of aliphatic hydroxyl groups is 1. The van der Waals surface area contributed by atoms with Crippen LogP contribution in [0.5, 0.6) is 0 Å². The molecule has 1 aromatic carbocycles. The van der Waals surface area contributed by atoms with Crippen molar-refractivity contribution in [3.63, 3.8) is 0 Å². The molecule has 0 spiro atoms. The topological polar surface area (TPSA) is 70.4 Å². The summed E-state index contributed by atoms with van der Waals surface area (Å²) in [5.41, 5.74) is 0.422. The number of ether oxygens (including phenoxy) is 1. The number of esters is 1. The Hall–Kier alpha value is -2.10. The van der Waals surface area contributed by atoms with Crippen LogP contribution in [0.3, 0.4) is 0 Å². The minimum absolute atomic E-state index is 0.0379. The van der Waals surface area contributed by atoms with Gasteiger partial charge in [0.25, 0.3) is 0 Å². The number of allylic oxidation sites excluding steroid dienone is 1. The summed E-state index contributed by atoms with van der Waals surface area (Å²) in [6.07, 6.45) is 0. The third-order valence-corrected chi connectivity index (χ3v) is 2.15. The van der Waals surface area contributed by atoms with Gasteiger partial charge in [0.05, 0.1) is 12.3 Å². The summed E-state index contributed by atoms with van der Waals surface area (Å²) in [6, 6.07) is 8.74. The molecule has 0 aliphatic rings. The van der Waals surface area contributed by atoms with Gasteiger partial charge in [0, 0.05) is 5.56 Å². The van der Waals surface area contributed by atoms with Gasteiger partial charge in [-0.3, -0.25) is 5.41 Å². The molecule has 90 valence electrons. The molecule has 1 rings (SSSR count). The molecule has 0 aromatic heterocycles. The Kier molecular flexibility index (Phi) is 4.46. The number of aliphatic hydroxyl groups excluding tert-OH is 1. The molecule has 0 unspecified atom stereocenters. The fourth-order valence-electron chi connectivity index (χ4n) is 1.38. The highest BCUT2D eigenvalue weighted by Gasteiger charge is 2.20. The summed E-state index contributed by atoms with van der Waals surface area (Å²) in [7, 11) is 0. The first kappa shape index (κ1) is 13.0.